The Labute approximate surface area is 113 Å². The maximum Gasteiger partial charge on any atom is 0.137 e. The van der Waals surface area contributed by atoms with Gasteiger partial charge in [0.1, 0.15) is 5.75 Å². The van der Waals surface area contributed by atoms with E-state index in [4.69, 9.17) is 16.3 Å². The summed E-state index contributed by atoms with van der Waals surface area (Å²) in [6, 6.07) is 4.35. The average molecular weight is 270 g/mol. The highest BCUT2D eigenvalue weighted by Gasteiger charge is 2.21. The Balaban J connectivity index is 1.99. The van der Waals surface area contributed by atoms with Crippen LogP contribution in [0, 0.1) is 6.92 Å². The topological polar surface area (TPSA) is 41.5 Å². The Morgan fingerprint density at radius 1 is 1.50 bits per heavy atom. The predicted octanol–water partition coefficient (Wildman–Crippen LogP) is 2.83. The zero-order chi connectivity index (χ0) is 13.1. The molecule has 4 heteroatoms. The molecule has 0 bridgehead atoms. The van der Waals surface area contributed by atoms with Crippen molar-refractivity contribution in [1.82, 2.24) is 5.32 Å². The summed E-state index contributed by atoms with van der Waals surface area (Å²) >= 11 is 6.09. The van der Waals surface area contributed by atoms with Gasteiger partial charge in [-0.25, -0.2) is 0 Å². The smallest absolute Gasteiger partial charge is 0.137 e. The van der Waals surface area contributed by atoms with E-state index in [1.54, 1.807) is 13.2 Å². The summed E-state index contributed by atoms with van der Waals surface area (Å²) in [7, 11) is 1.59. The molecule has 0 heterocycles. The van der Waals surface area contributed by atoms with Crippen LogP contribution in [-0.2, 0) is 0 Å². The normalized spacial score (nSPS) is 16.7. The van der Waals surface area contributed by atoms with Gasteiger partial charge in [-0.2, -0.15) is 0 Å². The molecule has 0 aliphatic heterocycles. The van der Waals surface area contributed by atoms with Gasteiger partial charge in [0, 0.05) is 6.04 Å². The van der Waals surface area contributed by atoms with Crippen LogP contribution in [0.3, 0.4) is 0 Å². The number of halogens is 1. The maximum absolute atomic E-state index is 10.2. The molecular formula is C14H20ClNO2. The van der Waals surface area contributed by atoms with Gasteiger partial charge in [0.25, 0.3) is 0 Å². The standard InChI is InChI=1S/C14H20ClNO2/c1-9-7-14(18-2)12(15)8-11(9)13(17)5-6-16-10-3-4-10/h7-8,10,13,16-17H,3-6H2,1-2H3. The van der Waals surface area contributed by atoms with E-state index in [-0.39, 0.29) is 0 Å². The third-order valence-corrected chi connectivity index (χ3v) is 3.62. The van der Waals surface area contributed by atoms with Crippen LogP contribution in [0.15, 0.2) is 12.1 Å². The number of aliphatic hydroxyl groups excluding tert-OH is 1. The lowest BCUT2D eigenvalue weighted by Gasteiger charge is -2.16. The Bertz CT molecular complexity index is 419. The molecule has 18 heavy (non-hydrogen) atoms. The number of benzene rings is 1. The van der Waals surface area contributed by atoms with Crippen LogP contribution in [0.2, 0.25) is 5.02 Å². The molecule has 100 valence electrons. The van der Waals surface area contributed by atoms with Crippen molar-refractivity contribution in [3.63, 3.8) is 0 Å². The van der Waals surface area contributed by atoms with E-state index >= 15 is 0 Å². The fraction of sp³-hybridized carbons (Fsp3) is 0.571. The molecule has 0 spiro atoms. The highest BCUT2D eigenvalue weighted by molar-refractivity contribution is 6.32. The lowest BCUT2D eigenvalue weighted by molar-refractivity contribution is 0.166. The average Bonchev–Trinajstić information content (AvgIpc) is 3.15. The number of hydrogen-bond acceptors (Lipinski definition) is 3. The van der Waals surface area contributed by atoms with Crippen LogP contribution in [0.25, 0.3) is 0 Å². The predicted molar refractivity (Wildman–Crippen MR) is 73.3 cm³/mol. The van der Waals surface area contributed by atoms with Crippen molar-refractivity contribution in [1.29, 1.82) is 0 Å². The molecule has 1 aromatic rings. The van der Waals surface area contributed by atoms with Crippen molar-refractivity contribution in [3.8, 4) is 5.75 Å². The number of aliphatic hydroxyl groups is 1. The molecular weight excluding hydrogens is 250 g/mol. The van der Waals surface area contributed by atoms with Crippen molar-refractivity contribution in [2.24, 2.45) is 0 Å². The van der Waals surface area contributed by atoms with Gasteiger partial charge in [-0.05, 0) is 56.0 Å². The van der Waals surface area contributed by atoms with Gasteiger partial charge in [0.2, 0.25) is 0 Å². The van der Waals surface area contributed by atoms with Crippen LogP contribution in [0.1, 0.15) is 36.5 Å². The third kappa shape index (κ3) is 3.37. The lowest BCUT2D eigenvalue weighted by atomic mass is 10.0. The summed E-state index contributed by atoms with van der Waals surface area (Å²) in [6.07, 6.45) is 2.77. The number of rotatable bonds is 6. The van der Waals surface area contributed by atoms with Crippen molar-refractivity contribution in [2.45, 2.75) is 38.3 Å². The second-order valence-corrected chi connectivity index (χ2v) is 5.28. The Kier molecular flexibility index (Phi) is 4.49. The van der Waals surface area contributed by atoms with Crippen LogP contribution < -0.4 is 10.1 Å². The fourth-order valence-electron chi connectivity index (χ4n) is 2.05. The fourth-order valence-corrected chi connectivity index (χ4v) is 2.30. The van der Waals surface area contributed by atoms with Gasteiger partial charge in [0.15, 0.2) is 0 Å². The minimum Gasteiger partial charge on any atom is -0.495 e. The van der Waals surface area contributed by atoms with Crippen molar-refractivity contribution in [2.75, 3.05) is 13.7 Å². The van der Waals surface area contributed by atoms with Gasteiger partial charge < -0.3 is 15.2 Å². The first kappa shape index (κ1) is 13.7. The number of aryl methyl sites for hydroxylation is 1. The Morgan fingerprint density at radius 2 is 2.22 bits per heavy atom. The summed E-state index contributed by atoms with van der Waals surface area (Å²) in [4.78, 5) is 0. The number of methoxy groups -OCH3 is 1. The second kappa shape index (κ2) is 5.91. The van der Waals surface area contributed by atoms with E-state index in [9.17, 15) is 5.11 Å². The van der Waals surface area contributed by atoms with E-state index in [0.717, 1.165) is 17.7 Å². The zero-order valence-electron chi connectivity index (χ0n) is 10.9. The molecule has 0 saturated heterocycles. The largest absolute Gasteiger partial charge is 0.495 e. The van der Waals surface area contributed by atoms with E-state index in [2.05, 4.69) is 5.32 Å². The summed E-state index contributed by atoms with van der Waals surface area (Å²) in [5.41, 5.74) is 1.90. The van der Waals surface area contributed by atoms with Crippen LogP contribution in [0.4, 0.5) is 0 Å². The summed E-state index contributed by atoms with van der Waals surface area (Å²) < 4.78 is 5.16. The Hall–Kier alpha value is -0.770. The first-order valence-corrected chi connectivity index (χ1v) is 6.75. The van der Waals surface area contributed by atoms with E-state index < -0.39 is 6.10 Å². The van der Waals surface area contributed by atoms with Gasteiger partial charge >= 0.3 is 0 Å². The Morgan fingerprint density at radius 3 is 2.83 bits per heavy atom. The molecule has 1 aliphatic rings. The molecule has 1 atom stereocenters. The molecule has 1 saturated carbocycles. The minimum absolute atomic E-state index is 0.473. The van der Waals surface area contributed by atoms with Crippen molar-refractivity contribution in [3.05, 3.63) is 28.3 Å². The van der Waals surface area contributed by atoms with Crippen molar-refractivity contribution >= 4 is 11.6 Å². The van der Waals surface area contributed by atoms with E-state index in [1.165, 1.54) is 12.8 Å². The molecule has 1 fully saturated rings. The van der Waals surface area contributed by atoms with Gasteiger partial charge in [0.05, 0.1) is 18.2 Å². The molecule has 3 nitrogen and oxygen atoms in total. The summed E-state index contributed by atoms with van der Waals surface area (Å²) in [5.74, 6) is 0.654. The van der Waals surface area contributed by atoms with E-state index in [0.29, 0.717) is 23.2 Å². The molecule has 1 unspecified atom stereocenters. The molecule has 2 rings (SSSR count). The van der Waals surface area contributed by atoms with E-state index in [1.807, 2.05) is 13.0 Å². The molecule has 0 aromatic heterocycles. The molecule has 0 amide bonds. The zero-order valence-corrected chi connectivity index (χ0v) is 11.6. The van der Waals surface area contributed by atoms with Crippen molar-refractivity contribution < 1.29 is 9.84 Å². The van der Waals surface area contributed by atoms with Gasteiger partial charge in [-0.1, -0.05) is 11.6 Å². The maximum atomic E-state index is 10.2. The molecule has 1 aromatic carbocycles. The van der Waals surface area contributed by atoms with Gasteiger partial charge in [-0.15, -0.1) is 0 Å². The number of nitrogens with one attached hydrogen (secondary N) is 1. The molecule has 2 N–H and O–H groups in total. The first-order chi connectivity index (χ1) is 8.61. The van der Waals surface area contributed by atoms with Crippen LogP contribution >= 0.6 is 11.6 Å². The van der Waals surface area contributed by atoms with Crippen LogP contribution in [0.5, 0.6) is 5.75 Å². The minimum atomic E-state index is -0.473. The highest BCUT2D eigenvalue weighted by atomic mass is 35.5. The van der Waals surface area contributed by atoms with Crippen LogP contribution in [-0.4, -0.2) is 24.8 Å². The summed E-state index contributed by atoms with van der Waals surface area (Å²) in [5, 5.41) is 14.1. The quantitative estimate of drug-likeness (QED) is 0.834. The highest BCUT2D eigenvalue weighted by Crippen LogP contribution is 2.31. The first-order valence-electron chi connectivity index (χ1n) is 6.37. The number of hydrogen-bond donors (Lipinski definition) is 2. The second-order valence-electron chi connectivity index (χ2n) is 4.88. The van der Waals surface area contributed by atoms with Gasteiger partial charge in [-0.3, -0.25) is 0 Å². The lowest BCUT2D eigenvalue weighted by Crippen LogP contribution is -2.19. The monoisotopic (exact) mass is 269 g/mol. The summed E-state index contributed by atoms with van der Waals surface area (Å²) in [6.45, 7) is 2.81. The number of ether oxygens (including phenoxy) is 1. The molecule has 1 aliphatic carbocycles. The third-order valence-electron chi connectivity index (χ3n) is 3.33. The SMILES string of the molecule is COc1cc(C)c(C(O)CCNC2CC2)cc1Cl. The molecule has 0 radical (unpaired) electrons.